The summed E-state index contributed by atoms with van der Waals surface area (Å²) in [6, 6.07) is 7.38. The number of hydrogen-bond donors (Lipinski definition) is 2. The summed E-state index contributed by atoms with van der Waals surface area (Å²) in [5, 5.41) is 2.91. The van der Waals surface area contributed by atoms with Gasteiger partial charge < -0.3 is 20.7 Å². The van der Waals surface area contributed by atoms with E-state index < -0.39 is 0 Å². The molecule has 1 saturated heterocycles. The first kappa shape index (κ1) is 17.4. The Morgan fingerprint density at radius 3 is 2.74 bits per heavy atom. The number of nitrogens with one attached hydrogen (secondary N) is 1. The third kappa shape index (κ3) is 5.33. The highest BCUT2D eigenvalue weighted by Crippen LogP contribution is 2.15. The number of nitrogens with two attached hydrogens (primary N) is 1. The van der Waals surface area contributed by atoms with E-state index >= 15 is 0 Å². The van der Waals surface area contributed by atoms with Gasteiger partial charge >= 0.3 is 0 Å². The topological polar surface area (TPSA) is 84.7 Å². The molecule has 23 heavy (non-hydrogen) atoms. The largest absolute Gasteiger partial charge is 0.380 e. The standard InChI is InChI=1S/C17H25N3O3/c1-23-12-13-4-6-14(7-5-13)17(22)19-8-10-20-9-2-3-15(11-20)16(18)21/h4-7,15H,2-3,8-12H2,1H3,(H2,18,21)(H,19,22). The molecule has 0 radical (unpaired) electrons. The van der Waals surface area contributed by atoms with Crippen molar-refractivity contribution in [3.8, 4) is 0 Å². The number of ether oxygens (including phenoxy) is 1. The Morgan fingerprint density at radius 2 is 2.09 bits per heavy atom. The average molecular weight is 319 g/mol. The summed E-state index contributed by atoms with van der Waals surface area (Å²) in [6.45, 7) is 3.47. The summed E-state index contributed by atoms with van der Waals surface area (Å²) < 4.78 is 5.05. The number of primary amides is 1. The number of carbonyl (C=O) groups excluding carboxylic acids is 2. The second kappa shape index (κ2) is 8.64. The molecule has 1 unspecified atom stereocenters. The molecule has 0 aromatic heterocycles. The van der Waals surface area contributed by atoms with Crippen LogP contribution in [0.4, 0.5) is 0 Å². The maximum absolute atomic E-state index is 12.1. The van der Waals surface area contributed by atoms with Gasteiger partial charge in [-0.05, 0) is 37.1 Å². The highest BCUT2D eigenvalue weighted by molar-refractivity contribution is 5.94. The van der Waals surface area contributed by atoms with Crippen LogP contribution in [0, 0.1) is 5.92 Å². The summed E-state index contributed by atoms with van der Waals surface area (Å²) in [7, 11) is 1.64. The maximum atomic E-state index is 12.1. The molecule has 1 atom stereocenters. The highest BCUT2D eigenvalue weighted by atomic mass is 16.5. The highest BCUT2D eigenvalue weighted by Gasteiger charge is 2.23. The normalized spacial score (nSPS) is 18.6. The van der Waals surface area contributed by atoms with Gasteiger partial charge in [0.25, 0.3) is 5.91 Å². The molecule has 3 N–H and O–H groups in total. The van der Waals surface area contributed by atoms with Crippen LogP contribution in [0.3, 0.4) is 0 Å². The Balaban J connectivity index is 1.75. The molecule has 2 rings (SSSR count). The number of amides is 2. The second-order valence-corrected chi connectivity index (χ2v) is 5.93. The molecule has 6 nitrogen and oxygen atoms in total. The predicted octanol–water partition coefficient (Wildman–Crippen LogP) is 0.760. The Morgan fingerprint density at radius 1 is 1.35 bits per heavy atom. The molecular formula is C17H25N3O3. The van der Waals surface area contributed by atoms with Gasteiger partial charge in [0.15, 0.2) is 0 Å². The third-order valence-electron chi connectivity index (χ3n) is 4.15. The van der Waals surface area contributed by atoms with Crippen LogP contribution in [0.15, 0.2) is 24.3 Å². The van der Waals surface area contributed by atoms with Crippen molar-refractivity contribution >= 4 is 11.8 Å². The summed E-state index contributed by atoms with van der Waals surface area (Å²) in [5.41, 5.74) is 7.05. The number of carbonyl (C=O) groups is 2. The summed E-state index contributed by atoms with van der Waals surface area (Å²) in [5.74, 6) is -0.375. The van der Waals surface area contributed by atoms with E-state index in [9.17, 15) is 9.59 Å². The van der Waals surface area contributed by atoms with Crippen molar-refractivity contribution in [1.29, 1.82) is 0 Å². The minimum Gasteiger partial charge on any atom is -0.380 e. The van der Waals surface area contributed by atoms with Crippen molar-refractivity contribution in [3.63, 3.8) is 0 Å². The van der Waals surface area contributed by atoms with Gasteiger partial charge in [-0.25, -0.2) is 0 Å². The van der Waals surface area contributed by atoms with E-state index in [2.05, 4.69) is 10.2 Å². The number of nitrogens with zero attached hydrogens (tertiary/aromatic N) is 1. The average Bonchev–Trinajstić information content (AvgIpc) is 2.56. The number of methoxy groups -OCH3 is 1. The molecule has 1 aromatic carbocycles. The molecule has 0 spiro atoms. The van der Waals surface area contributed by atoms with E-state index in [-0.39, 0.29) is 17.7 Å². The summed E-state index contributed by atoms with van der Waals surface area (Å²) in [4.78, 5) is 25.5. The van der Waals surface area contributed by atoms with Crippen molar-refractivity contribution in [1.82, 2.24) is 10.2 Å². The van der Waals surface area contributed by atoms with Crippen molar-refractivity contribution in [2.75, 3.05) is 33.3 Å². The molecule has 2 amide bonds. The Hall–Kier alpha value is -1.92. The zero-order valence-electron chi connectivity index (χ0n) is 13.6. The molecule has 0 saturated carbocycles. The minimum absolute atomic E-state index is 0.0622. The van der Waals surface area contributed by atoms with Crippen molar-refractivity contribution in [2.24, 2.45) is 11.7 Å². The number of likely N-dealkylation sites (tertiary alicyclic amines) is 1. The number of rotatable bonds is 7. The molecule has 126 valence electrons. The molecule has 0 aliphatic carbocycles. The van der Waals surface area contributed by atoms with Gasteiger partial charge in [-0.2, -0.15) is 0 Å². The van der Waals surface area contributed by atoms with Gasteiger partial charge in [0, 0.05) is 32.3 Å². The van der Waals surface area contributed by atoms with Gasteiger partial charge in [0.05, 0.1) is 12.5 Å². The molecule has 6 heteroatoms. The van der Waals surface area contributed by atoms with Crippen LogP contribution >= 0.6 is 0 Å². The van der Waals surface area contributed by atoms with Crippen LogP contribution in [0.25, 0.3) is 0 Å². The van der Waals surface area contributed by atoms with Crippen LogP contribution in [0.2, 0.25) is 0 Å². The van der Waals surface area contributed by atoms with E-state index in [1.165, 1.54) is 0 Å². The number of piperidine rings is 1. The molecule has 1 aliphatic rings. The fourth-order valence-corrected chi connectivity index (χ4v) is 2.84. The monoisotopic (exact) mass is 319 g/mol. The van der Waals surface area contributed by atoms with Gasteiger partial charge in [0.2, 0.25) is 5.91 Å². The summed E-state index contributed by atoms with van der Waals surface area (Å²) in [6.07, 6.45) is 1.84. The lowest BCUT2D eigenvalue weighted by Crippen LogP contribution is -2.44. The molecular weight excluding hydrogens is 294 g/mol. The van der Waals surface area contributed by atoms with Gasteiger partial charge in [0.1, 0.15) is 0 Å². The molecule has 0 bridgehead atoms. The van der Waals surface area contributed by atoms with E-state index in [0.717, 1.165) is 31.5 Å². The SMILES string of the molecule is COCc1ccc(C(=O)NCCN2CCCC(C(N)=O)C2)cc1. The van der Waals surface area contributed by atoms with Crippen molar-refractivity contribution in [3.05, 3.63) is 35.4 Å². The van der Waals surface area contributed by atoms with Crippen LogP contribution in [-0.2, 0) is 16.1 Å². The van der Waals surface area contributed by atoms with Gasteiger partial charge in [-0.3, -0.25) is 9.59 Å². The van der Waals surface area contributed by atoms with Crippen molar-refractivity contribution in [2.45, 2.75) is 19.4 Å². The molecule has 1 heterocycles. The molecule has 1 fully saturated rings. The van der Waals surface area contributed by atoms with E-state index in [0.29, 0.717) is 25.3 Å². The predicted molar refractivity (Wildman–Crippen MR) is 87.8 cm³/mol. The third-order valence-corrected chi connectivity index (χ3v) is 4.15. The lowest BCUT2D eigenvalue weighted by atomic mass is 9.97. The van der Waals surface area contributed by atoms with E-state index in [1.807, 2.05) is 12.1 Å². The lowest BCUT2D eigenvalue weighted by Gasteiger charge is -2.31. The summed E-state index contributed by atoms with van der Waals surface area (Å²) >= 11 is 0. The van der Waals surface area contributed by atoms with Crippen LogP contribution in [-0.4, -0.2) is 50.0 Å². The van der Waals surface area contributed by atoms with Crippen LogP contribution < -0.4 is 11.1 Å². The van der Waals surface area contributed by atoms with Crippen LogP contribution in [0.1, 0.15) is 28.8 Å². The molecule has 1 aromatic rings. The minimum atomic E-state index is -0.227. The molecule has 1 aliphatic heterocycles. The number of hydrogen-bond acceptors (Lipinski definition) is 4. The van der Waals surface area contributed by atoms with Gasteiger partial charge in [-0.1, -0.05) is 12.1 Å². The first-order valence-electron chi connectivity index (χ1n) is 7.98. The zero-order chi connectivity index (χ0) is 16.7. The van der Waals surface area contributed by atoms with E-state index in [4.69, 9.17) is 10.5 Å². The van der Waals surface area contributed by atoms with Crippen LogP contribution in [0.5, 0.6) is 0 Å². The second-order valence-electron chi connectivity index (χ2n) is 5.93. The fraction of sp³-hybridized carbons (Fsp3) is 0.529. The lowest BCUT2D eigenvalue weighted by molar-refractivity contribution is -0.123. The van der Waals surface area contributed by atoms with Crippen molar-refractivity contribution < 1.29 is 14.3 Å². The first-order chi connectivity index (χ1) is 11.1. The smallest absolute Gasteiger partial charge is 0.251 e. The Kier molecular flexibility index (Phi) is 6.55. The first-order valence-corrected chi connectivity index (χ1v) is 7.98. The Bertz CT molecular complexity index is 530. The van der Waals surface area contributed by atoms with E-state index in [1.54, 1.807) is 19.2 Å². The number of benzene rings is 1. The Labute approximate surface area is 137 Å². The quantitative estimate of drug-likeness (QED) is 0.777. The van der Waals surface area contributed by atoms with Gasteiger partial charge in [-0.15, -0.1) is 0 Å². The fourth-order valence-electron chi connectivity index (χ4n) is 2.84. The maximum Gasteiger partial charge on any atom is 0.251 e. The zero-order valence-corrected chi connectivity index (χ0v) is 13.6.